The second-order valence-corrected chi connectivity index (χ2v) is 7.13. The molecule has 3 aromatic rings. The van der Waals surface area contributed by atoms with Crippen LogP contribution in [0.15, 0.2) is 83.9 Å². The highest BCUT2D eigenvalue weighted by Crippen LogP contribution is 2.21. The monoisotopic (exact) mass is 388 g/mol. The molecule has 0 bridgehead atoms. The van der Waals surface area contributed by atoms with Crippen molar-refractivity contribution in [3.63, 3.8) is 0 Å². The maximum atomic E-state index is 5.90. The van der Waals surface area contributed by atoms with E-state index in [2.05, 4.69) is 58.4 Å². The summed E-state index contributed by atoms with van der Waals surface area (Å²) in [5.41, 5.74) is 3.56. The van der Waals surface area contributed by atoms with Crippen LogP contribution in [0.1, 0.15) is 12.5 Å². The molecule has 4 heteroatoms. The van der Waals surface area contributed by atoms with Crippen molar-refractivity contribution in [2.75, 3.05) is 27.2 Å². The molecule has 0 aromatic heterocycles. The standard InChI is InChI=1S/C25H28N2O2/c1-20(26-17-18-27(2)3)29-25-15-13-24(14-16-25)28-19-21-9-11-23(12-10-21)22-7-5-4-6-8-22/h4-16H,17-19H2,1-3H3. The van der Waals surface area contributed by atoms with Crippen LogP contribution in [0.5, 0.6) is 11.5 Å². The summed E-state index contributed by atoms with van der Waals surface area (Å²) in [6.45, 7) is 4.03. The van der Waals surface area contributed by atoms with Gasteiger partial charge < -0.3 is 14.4 Å². The summed E-state index contributed by atoms with van der Waals surface area (Å²) >= 11 is 0. The lowest BCUT2D eigenvalue weighted by Gasteiger charge is -2.10. The average Bonchev–Trinajstić information content (AvgIpc) is 2.74. The molecular formula is C25H28N2O2. The molecule has 0 aliphatic carbocycles. The van der Waals surface area contributed by atoms with Crippen LogP contribution >= 0.6 is 0 Å². The highest BCUT2D eigenvalue weighted by molar-refractivity contribution is 5.75. The highest BCUT2D eigenvalue weighted by atomic mass is 16.5. The van der Waals surface area contributed by atoms with Gasteiger partial charge in [0, 0.05) is 13.5 Å². The first kappa shape index (κ1) is 20.6. The van der Waals surface area contributed by atoms with Crippen LogP contribution in [-0.2, 0) is 6.61 Å². The molecule has 0 radical (unpaired) electrons. The molecule has 0 heterocycles. The SMILES string of the molecule is CC(=NCCN(C)C)Oc1ccc(OCc2ccc(-c3ccccc3)cc2)cc1. The lowest BCUT2D eigenvalue weighted by atomic mass is 10.0. The summed E-state index contributed by atoms with van der Waals surface area (Å²) < 4.78 is 11.6. The van der Waals surface area contributed by atoms with Gasteiger partial charge in [-0.3, -0.25) is 4.99 Å². The normalized spacial score (nSPS) is 11.5. The van der Waals surface area contributed by atoms with Crippen molar-refractivity contribution in [3.05, 3.63) is 84.4 Å². The van der Waals surface area contributed by atoms with E-state index in [1.165, 1.54) is 11.1 Å². The molecule has 3 aromatic carbocycles. The topological polar surface area (TPSA) is 34.1 Å². The Kier molecular flexibility index (Phi) is 7.42. The molecule has 3 rings (SSSR count). The zero-order valence-electron chi connectivity index (χ0n) is 17.3. The van der Waals surface area contributed by atoms with Gasteiger partial charge in [-0.05, 0) is 55.1 Å². The quantitative estimate of drug-likeness (QED) is 0.388. The molecule has 0 saturated heterocycles. The Morgan fingerprint density at radius 2 is 1.41 bits per heavy atom. The molecule has 0 spiro atoms. The number of aliphatic imine (C=N–C) groups is 1. The van der Waals surface area contributed by atoms with Gasteiger partial charge in [-0.1, -0.05) is 54.6 Å². The molecule has 0 amide bonds. The van der Waals surface area contributed by atoms with Crippen LogP contribution < -0.4 is 9.47 Å². The minimum Gasteiger partial charge on any atom is -0.489 e. The minimum absolute atomic E-state index is 0.528. The van der Waals surface area contributed by atoms with Crippen molar-refractivity contribution in [3.8, 4) is 22.6 Å². The largest absolute Gasteiger partial charge is 0.489 e. The number of likely N-dealkylation sites (N-methyl/N-ethyl adjacent to an activating group) is 1. The van der Waals surface area contributed by atoms with Gasteiger partial charge in [0.2, 0.25) is 0 Å². The fourth-order valence-electron chi connectivity index (χ4n) is 2.80. The number of hydrogen-bond acceptors (Lipinski definition) is 4. The summed E-state index contributed by atoms with van der Waals surface area (Å²) in [5, 5.41) is 0. The summed E-state index contributed by atoms with van der Waals surface area (Å²) in [5.74, 6) is 2.24. The fraction of sp³-hybridized carbons (Fsp3) is 0.240. The second-order valence-electron chi connectivity index (χ2n) is 7.13. The Hall–Kier alpha value is -3.11. The predicted octanol–water partition coefficient (Wildman–Crippen LogP) is 5.29. The Morgan fingerprint density at radius 3 is 2.07 bits per heavy atom. The molecule has 0 saturated carbocycles. The van der Waals surface area contributed by atoms with Gasteiger partial charge in [0.15, 0.2) is 5.90 Å². The molecule has 29 heavy (non-hydrogen) atoms. The fourth-order valence-corrected chi connectivity index (χ4v) is 2.80. The zero-order valence-corrected chi connectivity index (χ0v) is 17.3. The van der Waals surface area contributed by atoms with E-state index in [1.54, 1.807) is 0 Å². The minimum atomic E-state index is 0.528. The molecule has 0 N–H and O–H groups in total. The average molecular weight is 389 g/mol. The summed E-state index contributed by atoms with van der Waals surface area (Å²) in [6.07, 6.45) is 0. The number of benzene rings is 3. The lowest BCUT2D eigenvalue weighted by Crippen LogP contribution is -2.16. The van der Waals surface area contributed by atoms with E-state index in [9.17, 15) is 0 Å². The Balaban J connectivity index is 1.50. The Labute approximate surface area is 173 Å². The van der Waals surface area contributed by atoms with E-state index in [4.69, 9.17) is 9.47 Å². The van der Waals surface area contributed by atoms with E-state index in [1.807, 2.05) is 51.4 Å². The zero-order chi connectivity index (χ0) is 20.5. The van der Waals surface area contributed by atoms with Crippen molar-refractivity contribution < 1.29 is 9.47 Å². The van der Waals surface area contributed by atoms with Crippen LogP contribution in [-0.4, -0.2) is 38.0 Å². The number of hydrogen-bond donors (Lipinski definition) is 0. The van der Waals surface area contributed by atoms with Crippen LogP contribution in [0.3, 0.4) is 0 Å². The first-order valence-corrected chi connectivity index (χ1v) is 9.81. The van der Waals surface area contributed by atoms with E-state index in [0.29, 0.717) is 12.5 Å². The van der Waals surface area contributed by atoms with Crippen molar-refractivity contribution >= 4 is 5.90 Å². The molecule has 0 aliphatic heterocycles. The van der Waals surface area contributed by atoms with Gasteiger partial charge in [-0.15, -0.1) is 0 Å². The van der Waals surface area contributed by atoms with Crippen LogP contribution in [0.4, 0.5) is 0 Å². The maximum absolute atomic E-state index is 5.90. The van der Waals surface area contributed by atoms with E-state index in [0.717, 1.165) is 30.2 Å². The molecule has 0 atom stereocenters. The Morgan fingerprint density at radius 1 is 0.793 bits per heavy atom. The third-order valence-electron chi connectivity index (χ3n) is 4.44. The third-order valence-corrected chi connectivity index (χ3v) is 4.44. The molecule has 150 valence electrons. The third kappa shape index (κ3) is 6.77. The summed E-state index contributed by atoms with van der Waals surface area (Å²) in [7, 11) is 4.06. The molecule has 0 fully saturated rings. The molecular weight excluding hydrogens is 360 g/mol. The number of nitrogens with zero attached hydrogens (tertiary/aromatic N) is 2. The van der Waals surface area contributed by atoms with Crippen LogP contribution in [0, 0.1) is 0 Å². The van der Waals surface area contributed by atoms with E-state index in [-0.39, 0.29) is 0 Å². The molecule has 0 aliphatic rings. The molecule has 0 unspecified atom stereocenters. The maximum Gasteiger partial charge on any atom is 0.187 e. The lowest BCUT2D eigenvalue weighted by molar-refractivity contribution is 0.306. The van der Waals surface area contributed by atoms with Crippen molar-refractivity contribution in [2.45, 2.75) is 13.5 Å². The predicted molar refractivity (Wildman–Crippen MR) is 120 cm³/mol. The number of ether oxygens (including phenoxy) is 2. The van der Waals surface area contributed by atoms with E-state index < -0.39 is 0 Å². The van der Waals surface area contributed by atoms with Crippen molar-refractivity contribution in [1.29, 1.82) is 0 Å². The van der Waals surface area contributed by atoms with Gasteiger partial charge in [0.05, 0.1) is 6.54 Å². The summed E-state index contributed by atoms with van der Waals surface area (Å²) in [4.78, 5) is 6.50. The van der Waals surface area contributed by atoms with Gasteiger partial charge >= 0.3 is 0 Å². The smallest absolute Gasteiger partial charge is 0.187 e. The second kappa shape index (κ2) is 10.4. The Bertz CT molecular complexity index is 902. The van der Waals surface area contributed by atoms with Crippen LogP contribution in [0.2, 0.25) is 0 Å². The van der Waals surface area contributed by atoms with Gasteiger partial charge in [-0.25, -0.2) is 0 Å². The van der Waals surface area contributed by atoms with Crippen LogP contribution in [0.25, 0.3) is 11.1 Å². The molecule has 4 nitrogen and oxygen atoms in total. The highest BCUT2D eigenvalue weighted by Gasteiger charge is 2.01. The van der Waals surface area contributed by atoms with Gasteiger partial charge in [-0.2, -0.15) is 0 Å². The van der Waals surface area contributed by atoms with Gasteiger partial charge in [0.25, 0.3) is 0 Å². The first-order valence-electron chi connectivity index (χ1n) is 9.81. The van der Waals surface area contributed by atoms with Crippen molar-refractivity contribution in [1.82, 2.24) is 4.90 Å². The summed E-state index contributed by atoms with van der Waals surface area (Å²) in [6, 6.07) is 26.5. The van der Waals surface area contributed by atoms with E-state index >= 15 is 0 Å². The first-order chi connectivity index (χ1) is 14.1. The number of rotatable bonds is 8. The van der Waals surface area contributed by atoms with Gasteiger partial charge in [0.1, 0.15) is 18.1 Å². The van der Waals surface area contributed by atoms with Crippen molar-refractivity contribution in [2.24, 2.45) is 4.99 Å².